The van der Waals surface area contributed by atoms with Gasteiger partial charge in [-0.3, -0.25) is 9.59 Å². The van der Waals surface area contributed by atoms with Crippen LogP contribution in [-0.4, -0.2) is 30.4 Å². The van der Waals surface area contributed by atoms with Crippen molar-refractivity contribution in [3.05, 3.63) is 0 Å². The van der Waals surface area contributed by atoms with E-state index in [1.165, 1.54) is 0 Å². The van der Waals surface area contributed by atoms with E-state index in [9.17, 15) is 9.59 Å². The zero-order valence-electron chi connectivity index (χ0n) is 11.2. The largest absolute Gasteiger partial charge is 0.354 e. The monoisotopic (exact) mass is 243 g/mol. The first-order valence-corrected chi connectivity index (χ1v) is 6.21. The first kappa shape index (κ1) is 15.9. The average molecular weight is 243 g/mol. The maximum atomic E-state index is 11.5. The molecule has 17 heavy (non-hydrogen) atoms. The minimum atomic E-state index is -0.507. The van der Waals surface area contributed by atoms with Gasteiger partial charge in [-0.1, -0.05) is 20.8 Å². The summed E-state index contributed by atoms with van der Waals surface area (Å²) in [5.74, 6) is -0.141. The van der Waals surface area contributed by atoms with Gasteiger partial charge in [-0.25, -0.2) is 0 Å². The number of amides is 2. The minimum absolute atomic E-state index is 0.0437. The highest BCUT2D eigenvalue weighted by atomic mass is 16.2. The van der Waals surface area contributed by atoms with Gasteiger partial charge in [-0.05, 0) is 19.3 Å². The maximum Gasteiger partial charge on any atom is 0.237 e. The number of carbonyl (C=O) groups is 2. The Morgan fingerprint density at radius 1 is 1.24 bits per heavy atom. The number of rotatable bonds is 7. The molecule has 2 atom stereocenters. The summed E-state index contributed by atoms with van der Waals surface area (Å²) in [5, 5.41) is 5.49. The Balaban J connectivity index is 3.77. The molecule has 0 aromatic heterocycles. The molecule has 0 aromatic rings. The molecule has 0 radical (unpaired) electrons. The topological polar surface area (TPSA) is 84.2 Å². The molecule has 0 saturated carbocycles. The van der Waals surface area contributed by atoms with Gasteiger partial charge in [-0.2, -0.15) is 0 Å². The van der Waals surface area contributed by atoms with Crippen molar-refractivity contribution in [3.8, 4) is 0 Å². The predicted octanol–water partition coefficient (Wildman–Crippen LogP) is 0.391. The lowest BCUT2D eigenvalue weighted by atomic mass is 10.1. The molecule has 2 amide bonds. The average Bonchev–Trinajstić information content (AvgIpc) is 2.27. The van der Waals surface area contributed by atoms with Gasteiger partial charge in [0.1, 0.15) is 0 Å². The van der Waals surface area contributed by atoms with Crippen molar-refractivity contribution in [2.75, 3.05) is 6.54 Å². The molecule has 0 bridgehead atoms. The molecule has 0 heterocycles. The van der Waals surface area contributed by atoms with E-state index in [2.05, 4.69) is 10.6 Å². The summed E-state index contributed by atoms with van der Waals surface area (Å²) in [4.78, 5) is 22.9. The van der Waals surface area contributed by atoms with Gasteiger partial charge in [0, 0.05) is 19.0 Å². The molecule has 5 heteroatoms. The van der Waals surface area contributed by atoms with Crippen LogP contribution < -0.4 is 16.4 Å². The number of nitrogens with two attached hydrogens (primary N) is 1. The summed E-state index contributed by atoms with van der Waals surface area (Å²) in [6.45, 7) is 8.07. The van der Waals surface area contributed by atoms with E-state index in [4.69, 9.17) is 5.73 Å². The molecular weight excluding hydrogens is 218 g/mol. The van der Waals surface area contributed by atoms with Gasteiger partial charge >= 0.3 is 0 Å². The van der Waals surface area contributed by atoms with Crippen molar-refractivity contribution in [2.24, 2.45) is 11.7 Å². The molecule has 5 nitrogen and oxygen atoms in total. The summed E-state index contributed by atoms with van der Waals surface area (Å²) in [6.07, 6.45) is 1.19. The van der Waals surface area contributed by atoms with Crippen molar-refractivity contribution >= 4 is 11.8 Å². The second-order valence-corrected chi connectivity index (χ2v) is 4.69. The summed E-state index contributed by atoms with van der Waals surface area (Å²) in [7, 11) is 0. The summed E-state index contributed by atoms with van der Waals surface area (Å²) < 4.78 is 0. The maximum absolute atomic E-state index is 11.5. The molecule has 0 aliphatic rings. The van der Waals surface area contributed by atoms with Crippen LogP contribution in [0.25, 0.3) is 0 Å². The van der Waals surface area contributed by atoms with Gasteiger partial charge in [-0.15, -0.1) is 0 Å². The summed E-state index contributed by atoms with van der Waals surface area (Å²) >= 11 is 0. The fourth-order valence-corrected chi connectivity index (χ4v) is 1.17. The van der Waals surface area contributed by atoms with E-state index in [1.807, 2.05) is 27.7 Å². The van der Waals surface area contributed by atoms with Crippen molar-refractivity contribution < 1.29 is 9.59 Å². The lowest BCUT2D eigenvalue weighted by molar-refractivity contribution is -0.123. The zero-order valence-corrected chi connectivity index (χ0v) is 11.2. The van der Waals surface area contributed by atoms with E-state index in [0.29, 0.717) is 13.0 Å². The number of carbonyl (C=O) groups excluding carboxylic acids is 2. The SMILES string of the molecule is CCC(C)NC(=O)CCNC(=O)[C@@H](N)C(C)C. The number of hydrogen-bond acceptors (Lipinski definition) is 3. The van der Waals surface area contributed by atoms with E-state index >= 15 is 0 Å². The molecule has 0 aromatic carbocycles. The van der Waals surface area contributed by atoms with Crippen LogP contribution in [0.3, 0.4) is 0 Å². The van der Waals surface area contributed by atoms with Crippen LogP contribution in [0.4, 0.5) is 0 Å². The molecule has 0 rings (SSSR count). The van der Waals surface area contributed by atoms with Crippen LogP contribution >= 0.6 is 0 Å². The first-order valence-electron chi connectivity index (χ1n) is 6.21. The molecule has 1 unspecified atom stereocenters. The third kappa shape index (κ3) is 6.94. The highest BCUT2D eigenvalue weighted by Crippen LogP contribution is 1.97. The van der Waals surface area contributed by atoms with Crippen LogP contribution in [-0.2, 0) is 9.59 Å². The molecular formula is C12H25N3O2. The van der Waals surface area contributed by atoms with Crippen LogP contribution in [0.5, 0.6) is 0 Å². The van der Waals surface area contributed by atoms with E-state index in [-0.39, 0.29) is 23.8 Å². The van der Waals surface area contributed by atoms with Crippen molar-refractivity contribution in [1.82, 2.24) is 10.6 Å². The lowest BCUT2D eigenvalue weighted by Gasteiger charge is -2.15. The molecule has 0 aliphatic carbocycles. The molecule has 0 aliphatic heterocycles. The van der Waals surface area contributed by atoms with E-state index < -0.39 is 6.04 Å². The van der Waals surface area contributed by atoms with E-state index in [0.717, 1.165) is 6.42 Å². The standard InChI is InChI=1S/C12H25N3O2/c1-5-9(4)15-10(16)6-7-14-12(17)11(13)8(2)3/h8-9,11H,5-7,13H2,1-4H3,(H,14,17)(H,15,16)/t9?,11-/m0/s1. The lowest BCUT2D eigenvalue weighted by Crippen LogP contribution is -2.45. The Morgan fingerprint density at radius 3 is 2.29 bits per heavy atom. The van der Waals surface area contributed by atoms with Crippen molar-refractivity contribution in [3.63, 3.8) is 0 Å². The first-order chi connectivity index (χ1) is 7.88. The Morgan fingerprint density at radius 2 is 1.82 bits per heavy atom. The van der Waals surface area contributed by atoms with Crippen LogP contribution in [0.1, 0.15) is 40.5 Å². The normalized spacial score (nSPS) is 14.2. The second-order valence-electron chi connectivity index (χ2n) is 4.69. The smallest absolute Gasteiger partial charge is 0.237 e. The quantitative estimate of drug-likeness (QED) is 0.605. The van der Waals surface area contributed by atoms with Gasteiger partial charge < -0.3 is 16.4 Å². The third-order valence-corrected chi connectivity index (χ3v) is 2.69. The minimum Gasteiger partial charge on any atom is -0.354 e. The third-order valence-electron chi connectivity index (χ3n) is 2.69. The van der Waals surface area contributed by atoms with Crippen LogP contribution in [0, 0.1) is 5.92 Å². The van der Waals surface area contributed by atoms with Crippen LogP contribution in [0.15, 0.2) is 0 Å². The molecule has 0 fully saturated rings. The number of hydrogen-bond donors (Lipinski definition) is 3. The van der Waals surface area contributed by atoms with Gasteiger partial charge in [0.2, 0.25) is 11.8 Å². The Hall–Kier alpha value is -1.10. The van der Waals surface area contributed by atoms with Crippen molar-refractivity contribution in [2.45, 2.75) is 52.6 Å². The van der Waals surface area contributed by atoms with Crippen LogP contribution in [0.2, 0.25) is 0 Å². The highest BCUT2D eigenvalue weighted by molar-refractivity contribution is 5.82. The predicted molar refractivity (Wildman–Crippen MR) is 68.3 cm³/mol. The zero-order chi connectivity index (χ0) is 13.4. The van der Waals surface area contributed by atoms with Gasteiger partial charge in [0.15, 0.2) is 0 Å². The van der Waals surface area contributed by atoms with Gasteiger partial charge in [0.25, 0.3) is 0 Å². The fourth-order valence-electron chi connectivity index (χ4n) is 1.17. The van der Waals surface area contributed by atoms with E-state index in [1.54, 1.807) is 0 Å². The molecule has 4 N–H and O–H groups in total. The second kappa shape index (κ2) is 8.06. The Bertz CT molecular complexity index is 254. The van der Waals surface area contributed by atoms with Gasteiger partial charge in [0.05, 0.1) is 6.04 Å². The number of nitrogens with one attached hydrogen (secondary N) is 2. The van der Waals surface area contributed by atoms with Crippen molar-refractivity contribution in [1.29, 1.82) is 0 Å². The summed E-state index contributed by atoms with van der Waals surface area (Å²) in [5.41, 5.74) is 5.67. The Labute approximate surface area is 104 Å². The Kier molecular flexibility index (Phi) is 7.54. The molecule has 0 spiro atoms. The summed E-state index contributed by atoms with van der Waals surface area (Å²) in [6, 6.07) is -0.330. The molecule has 0 saturated heterocycles. The highest BCUT2D eigenvalue weighted by Gasteiger charge is 2.16. The molecule has 100 valence electrons. The fraction of sp³-hybridized carbons (Fsp3) is 0.833.